The second-order valence-electron chi connectivity index (χ2n) is 3.28. The molecule has 0 amide bonds. The van der Waals surface area contributed by atoms with E-state index in [0.717, 1.165) is 0 Å². The third kappa shape index (κ3) is 3.12. The lowest BCUT2D eigenvalue weighted by Gasteiger charge is -2.14. The Balaban J connectivity index is 0.00000144. The van der Waals surface area contributed by atoms with Gasteiger partial charge in [0, 0.05) is 18.3 Å². The summed E-state index contributed by atoms with van der Waals surface area (Å²) in [6.07, 6.45) is 5.31. The molecule has 0 aliphatic rings. The summed E-state index contributed by atoms with van der Waals surface area (Å²) in [7, 11) is 0. The van der Waals surface area contributed by atoms with E-state index in [1.165, 1.54) is 6.07 Å². The minimum absolute atomic E-state index is 0. The zero-order chi connectivity index (χ0) is 11.4. The molecule has 2 aromatic heterocycles. The van der Waals surface area contributed by atoms with Crippen molar-refractivity contribution in [1.82, 2.24) is 4.98 Å². The molecule has 0 aliphatic heterocycles. The quantitative estimate of drug-likeness (QED) is 0.515. The van der Waals surface area contributed by atoms with E-state index in [1.54, 1.807) is 17.3 Å². The van der Waals surface area contributed by atoms with Crippen molar-refractivity contribution >= 4 is 5.82 Å². The fraction of sp³-hybridized carbons (Fsp3) is 0.167. The number of hydrogen-bond acceptors (Lipinski definition) is 2. The molecule has 3 nitrogen and oxygen atoms in total. The van der Waals surface area contributed by atoms with Crippen LogP contribution in [0.1, 0.15) is 6.92 Å². The minimum Gasteiger partial charge on any atom is -1.00 e. The highest BCUT2D eigenvalue weighted by Crippen LogP contribution is 2.12. The van der Waals surface area contributed by atoms with Crippen molar-refractivity contribution in [3.05, 3.63) is 54.7 Å². The van der Waals surface area contributed by atoms with Gasteiger partial charge in [-0.25, -0.2) is 9.37 Å². The second kappa shape index (κ2) is 6.48. The van der Waals surface area contributed by atoms with Gasteiger partial charge in [-0.15, -0.1) is 5.01 Å². The van der Waals surface area contributed by atoms with Crippen LogP contribution in [0.15, 0.2) is 48.9 Å². The van der Waals surface area contributed by atoms with Gasteiger partial charge in [-0.1, -0.05) is 10.7 Å². The summed E-state index contributed by atoms with van der Waals surface area (Å²) in [6.45, 7) is 2.59. The van der Waals surface area contributed by atoms with Gasteiger partial charge >= 0.3 is 0 Å². The van der Waals surface area contributed by atoms with E-state index in [1.807, 2.05) is 42.2 Å². The first kappa shape index (κ1) is 13.8. The van der Waals surface area contributed by atoms with Gasteiger partial charge in [-0.2, -0.15) is 0 Å². The lowest BCUT2D eigenvalue weighted by Crippen LogP contribution is -3.00. The standard InChI is InChI=1S/C12H13FN3.HI/c1-2-16(15-9-4-3-5-10-15)12-11(13)7-6-8-14-12;/h3-10H,2H2,1H3;1H/q+1;/p-1. The first-order valence-corrected chi connectivity index (χ1v) is 5.17. The molecule has 5 heteroatoms. The van der Waals surface area contributed by atoms with Gasteiger partial charge in [0.2, 0.25) is 5.82 Å². The van der Waals surface area contributed by atoms with Crippen molar-refractivity contribution in [2.75, 3.05) is 11.6 Å². The Morgan fingerprint density at radius 3 is 2.53 bits per heavy atom. The molecule has 0 N–H and O–H groups in total. The van der Waals surface area contributed by atoms with E-state index in [9.17, 15) is 4.39 Å². The molecule has 0 atom stereocenters. The Labute approximate surface area is 117 Å². The minimum atomic E-state index is -0.319. The summed E-state index contributed by atoms with van der Waals surface area (Å²) < 4.78 is 15.4. The van der Waals surface area contributed by atoms with Gasteiger partial charge in [0.25, 0.3) is 0 Å². The van der Waals surface area contributed by atoms with Gasteiger partial charge in [-0.3, -0.25) is 0 Å². The molecule has 90 valence electrons. The van der Waals surface area contributed by atoms with Gasteiger partial charge in [0.15, 0.2) is 18.2 Å². The Morgan fingerprint density at radius 1 is 1.24 bits per heavy atom. The summed E-state index contributed by atoms with van der Waals surface area (Å²) in [4.78, 5) is 4.06. The first-order valence-electron chi connectivity index (χ1n) is 5.17. The SMILES string of the molecule is CCN(c1ncccc1F)[n+]1ccccc1.[I-]. The summed E-state index contributed by atoms with van der Waals surface area (Å²) in [5.41, 5.74) is 0. The highest BCUT2D eigenvalue weighted by Gasteiger charge is 2.18. The van der Waals surface area contributed by atoms with Crippen LogP contribution < -0.4 is 33.7 Å². The topological polar surface area (TPSA) is 20.0 Å². The third-order valence-electron chi connectivity index (χ3n) is 2.26. The van der Waals surface area contributed by atoms with Crippen molar-refractivity contribution in [3.63, 3.8) is 0 Å². The molecule has 0 unspecified atom stereocenters. The van der Waals surface area contributed by atoms with Gasteiger partial charge in [0.05, 0.1) is 6.54 Å². The summed E-state index contributed by atoms with van der Waals surface area (Å²) >= 11 is 0. The summed E-state index contributed by atoms with van der Waals surface area (Å²) in [5.74, 6) is 0.0157. The van der Waals surface area contributed by atoms with Crippen molar-refractivity contribution < 1.29 is 33.0 Å². The van der Waals surface area contributed by atoms with Crippen LogP contribution in [0.2, 0.25) is 0 Å². The van der Waals surface area contributed by atoms with Crippen LogP contribution in [0.25, 0.3) is 0 Å². The van der Waals surface area contributed by atoms with Crippen molar-refractivity contribution in [2.24, 2.45) is 0 Å². The van der Waals surface area contributed by atoms with E-state index < -0.39 is 0 Å². The predicted octanol–water partition coefficient (Wildman–Crippen LogP) is -1.20. The molecule has 2 heterocycles. The van der Waals surface area contributed by atoms with Crippen LogP contribution in [-0.2, 0) is 0 Å². The summed E-state index contributed by atoms with van der Waals surface area (Å²) in [5, 5.41) is 1.76. The fourth-order valence-electron chi connectivity index (χ4n) is 1.54. The normalized spacial score (nSPS) is 9.53. The van der Waals surface area contributed by atoms with Crippen molar-refractivity contribution in [1.29, 1.82) is 0 Å². The molecule has 0 spiro atoms. The van der Waals surface area contributed by atoms with E-state index in [-0.39, 0.29) is 29.8 Å². The molecule has 0 aliphatic carbocycles. The first-order chi connectivity index (χ1) is 7.83. The number of halogens is 2. The summed E-state index contributed by atoms with van der Waals surface area (Å²) in [6, 6.07) is 8.70. The number of hydrogen-bond donors (Lipinski definition) is 0. The van der Waals surface area contributed by atoms with Crippen LogP contribution in [0.5, 0.6) is 0 Å². The van der Waals surface area contributed by atoms with E-state index in [0.29, 0.717) is 12.4 Å². The molecule has 17 heavy (non-hydrogen) atoms. The van der Waals surface area contributed by atoms with Crippen LogP contribution in [0.4, 0.5) is 10.2 Å². The number of aromatic nitrogens is 2. The Bertz CT molecular complexity index is 464. The van der Waals surface area contributed by atoms with Gasteiger partial charge in [-0.05, 0) is 19.1 Å². The van der Waals surface area contributed by atoms with E-state index in [4.69, 9.17) is 0 Å². The number of nitrogens with zero attached hydrogens (tertiary/aromatic N) is 3. The molecule has 0 radical (unpaired) electrons. The van der Waals surface area contributed by atoms with Crippen LogP contribution in [0.3, 0.4) is 0 Å². The Morgan fingerprint density at radius 2 is 1.94 bits per heavy atom. The number of anilines is 1. The Hall–Kier alpha value is -1.24. The van der Waals surface area contributed by atoms with E-state index >= 15 is 0 Å². The maximum Gasteiger partial charge on any atom is 0.224 e. The maximum atomic E-state index is 13.6. The molecule has 0 bridgehead atoms. The Kier molecular flexibility index (Phi) is 5.27. The van der Waals surface area contributed by atoms with Crippen LogP contribution in [-0.4, -0.2) is 11.5 Å². The van der Waals surface area contributed by atoms with Crippen molar-refractivity contribution in [2.45, 2.75) is 6.92 Å². The third-order valence-corrected chi connectivity index (χ3v) is 2.26. The smallest absolute Gasteiger partial charge is 0.224 e. The monoisotopic (exact) mass is 345 g/mol. The van der Waals surface area contributed by atoms with Gasteiger partial charge < -0.3 is 24.0 Å². The lowest BCUT2D eigenvalue weighted by atomic mass is 10.4. The van der Waals surface area contributed by atoms with Crippen LogP contribution >= 0.6 is 0 Å². The van der Waals surface area contributed by atoms with E-state index in [2.05, 4.69) is 4.98 Å². The molecule has 0 fully saturated rings. The number of rotatable bonds is 3. The molecular weight excluding hydrogens is 332 g/mol. The highest BCUT2D eigenvalue weighted by molar-refractivity contribution is 5.35. The molecular formula is C12H13FIN3. The molecule has 2 rings (SSSR count). The molecule has 0 saturated carbocycles. The zero-order valence-corrected chi connectivity index (χ0v) is 11.6. The average Bonchev–Trinajstić information content (AvgIpc) is 2.34. The zero-order valence-electron chi connectivity index (χ0n) is 9.42. The lowest BCUT2D eigenvalue weighted by molar-refractivity contribution is -0.684. The van der Waals surface area contributed by atoms with Crippen LogP contribution in [0, 0.1) is 5.82 Å². The van der Waals surface area contributed by atoms with Crippen molar-refractivity contribution in [3.8, 4) is 0 Å². The average molecular weight is 345 g/mol. The molecule has 2 aromatic rings. The highest BCUT2D eigenvalue weighted by atomic mass is 127. The number of pyridine rings is 2. The second-order valence-corrected chi connectivity index (χ2v) is 3.28. The molecule has 0 saturated heterocycles. The fourth-order valence-corrected chi connectivity index (χ4v) is 1.54. The largest absolute Gasteiger partial charge is 1.00 e. The van der Waals surface area contributed by atoms with Gasteiger partial charge in [0.1, 0.15) is 0 Å². The maximum absolute atomic E-state index is 13.6. The predicted molar refractivity (Wildman–Crippen MR) is 59.3 cm³/mol. The molecule has 0 aromatic carbocycles.